The van der Waals surface area contributed by atoms with Crippen molar-refractivity contribution in [3.63, 3.8) is 0 Å². The number of morpholine rings is 1. The number of phenols is 1. The Morgan fingerprint density at radius 2 is 1.62 bits per heavy atom. The summed E-state index contributed by atoms with van der Waals surface area (Å²) in [6, 6.07) is 27.3. The zero-order valence-corrected chi connectivity index (χ0v) is 37.3. The zero-order chi connectivity index (χ0) is 46.1. The Kier molecular flexibility index (Phi) is 12.7. The van der Waals surface area contributed by atoms with Crippen LogP contribution in [0.25, 0.3) is 11.3 Å². The first kappa shape index (κ1) is 44.4. The minimum absolute atomic E-state index is 0.0154. The summed E-state index contributed by atoms with van der Waals surface area (Å²) in [5.41, 5.74) is 8.08. The number of carbonyl (C=O) groups is 3. The molecular formula is C51H53F2N7O6. The van der Waals surface area contributed by atoms with E-state index in [9.17, 15) is 23.5 Å². The highest BCUT2D eigenvalue weighted by Gasteiger charge is 2.33. The second-order valence-corrected chi connectivity index (χ2v) is 17.3. The van der Waals surface area contributed by atoms with E-state index in [1.165, 1.54) is 40.9 Å². The Morgan fingerprint density at radius 3 is 2.35 bits per heavy atom. The van der Waals surface area contributed by atoms with Crippen molar-refractivity contribution in [3.8, 4) is 22.8 Å². The van der Waals surface area contributed by atoms with Gasteiger partial charge in [0.25, 0.3) is 11.8 Å². The Hall–Kier alpha value is -6.84. The molecule has 13 nitrogen and oxygen atoms in total. The van der Waals surface area contributed by atoms with Crippen molar-refractivity contribution >= 4 is 29.1 Å². The van der Waals surface area contributed by atoms with Crippen LogP contribution in [0.15, 0.2) is 103 Å². The predicted molar refractivity (Wildman–Crippen MR) is 245 cm³/mol. The maximum absolute atomic E-state index is 15.1. The molecule has 9 rings (SSSR count). The minimum atomic E-state index is -2.92. The predicted octanol–water partition coefficient (Wildman–Crippen LogP) is 7.70. The van der Waals surface area contributed by atoms with E-state index in [2.05, 4.69) is 22.1 Å². The van der Waals surface area contributed by atoms with Crippen molar-refractivity contribution < 1.29 is 37.7 Å². The first-order valence-electron chi connectivity index (χ1n) is 22.4. The van der Waals surface area contributed by atoms with Crippen LogP contribution in [0.1, 0.15) is 67.7 Å². The summed E-state index contributed by atoms with van der Waals surface area (Å²) in [4.78, 5) is 51.0. The number of carbonyl (C=O) groups excluding carboxylic acids is 3. The lowest BCUT2D eigenvalue weighted by Crippen LogP contribution is -2.43. The lowest BCUT2D eigenvalue weighted by Gasteiger charge is -2.36. The SMILES string of the molecule is Cc1c(C(=O)N(c2ccc(O)cc2)c2cnn(C(F)F)c2)cc(-c2cc3c(cc2C(=O)N2Cc4ccccc4C[C@H]2C)CN(C(=O)Cc2ccc(OCCN4CCOCC4)cc2)CC3)n1C. The van der Waals surface area contributed by atoms with Crippen LogP contribution in [-0.2, 0) is 48.9 Å². The van der Waals surface area contributed by atoms with Crippen molar-refractivity contribution in [2.24, 2.45) is 7.05 Å². The van der Waals surface area contributed by atoms with Gasteiger partial charge >= 0.3 is 6.55 Å². The summed E-state index contributed by atoms with van der Waals surface area (Å²) in [6.07, 6.45) is 3.78. The number of halogens is 2. The number of nitrogens with zero attached hydrogens (tertiary/aromatic N) is 7. The summed E-state index contributed by atoms with van der Waals surface area (Å²) in [6.45, 7) is 6.87. The Balaban J connectivity index is 1.01. The molecule has 1 N–H and O–H groups in total. The van der Waals surface area contributed by atoms with Crippen LogP contribution in [0.4, 0.5) is 20.2 Å². The van der Waals surface area contributed by atoms with Crippen molar-refractivity contribution in [1.82, 2.24) is 29.0 Å². The molecule has 1 fully saturated rings. The average molecular weight is 898 g/mol. The quantitative estimate of drug-likeness (QED) is 0.133. The Labute approximate surface area is 382 Å². The maximum Gasteiger partial charge on any atom is 0.333 e. The number of fused-ring (bicyclic) bond motifs is 2. The van der Waals surface area contributed by atoms with E-state index >= 15 is 4.79 Å². The Morgan fingerprint density at radius 1 is 0.879 bits per heavy atom. The number of hydrogen-bond donors (Lipinski definition) is 1. The van der Waals surface area contributed by atoms with Crippen LogP contribution in [-0.4, -0.2) is 104 Å². The molecule has 0 bridgehead atoms. The van der Waals surface area contributed by atoms with Gasteiger partial charge in [0.2, 0.25) is 5.91 Å². The van der Waals surface area contributed by atoms with Gasteiger partial charge in [-0.25, -0.2) is 4.68 Å². The third-order valence-corrected chi connectivity index (χ3v) is 13.2. The lowest BCUT2D eigenvalue weighted by molar-refractivity contribution is -0.131. The van der Waals surface area contributed by atoms with E-state index in [0.29, 0.717) is 72.0 Å². The molecule has 1 saturated heterocycles. The highest BCUT2D eigenvalue weighted by molar-refractivity contribution is 6.12. The topological polar surface area (TPSA) is 126 Å². The van der Waals surface area contributed by atoms with Crippen LogP contribution in [0, 0.1) is 6.92 Å². The number of aromatic nitrogens is 3. The number of aromatic hydroxyl groups is 1. The number of hydrogen-bond acceptors (Lipinski definition) is 8. The highest BCUT2D eigenvalue weighted by Crippen LogP contribution is 2.37. The largest absolute Gasteiger partial charge is 0.508 e. The van der Waals surface area contributed by atoms with Crippen LogP contribution < -0.4 is 9.64 Å². The number of ether oxygens (including phenoxy) is 2. The maximum atomic E-state index is 15.1. The molecule has 2 aromatic heterocycles. The van der Waals surface area contributed by atoms with E-state index in [0.717, 1.165) is 67.0 Å². The van der Waals surface area contributed by atoms with Gasteiger partial charge in [0, 0.05) is 80.6 Å². The molecule has 6 aromatic rings. The van der Waals surface area contributed by atoms with Gasteiger partial charge in [-0.2, -0.15) is 13.9 Å². The van der Waals surface area contributed by atoms with Gasteiger partial charge in [0.1, 0.15) is 18.1 Å². The molecule has 0 radical (unpaired) electrons. The summed E-state index contributed by atoms with van der Waals surface area (Å²) >= 11 is 0. The van der Waals surface area contributed by atoms with Crippen LogP contribution in [0.5, 0.6) is 11.5 Å². The van der Waals surface area contributed by atoms with E-state index in [1.807, 2.05) is 76.9 Å². The molecule has 5 heterocycles. The van der Waals surface area contributed by atoms with Crippen LogP contribution >= 0.6 is 0 Å². The second-order valence-electron chi connectivity index (χ2n) is 17.3. The number of benzene rings is 4. The Bertz CT molecular complexity index is 2750. The summed E-state index contributed by atoms with van der Waals surface area (Å²) in [5, 5.41) is 13.8. The van der Waals surface area contributed by atoms with Gasteiger partial charge in [-0.1, -0.05) is 36.4 Å². The van der Waals surface area contributed by atoms with Crippen molar-refractivity contribution in [2.75, 3.05) is 50.9 Å². The zero-order valence-electron chi connectivity index (χ0n) is 37.3. The van der Waals surface area contributed by atoms with E-state index in [4.69, 9.17) is 9.47 Å². The molecule has 342 valence electrons. The number of rotatable bonds is 12. The van der Waals surface area contributed by atoms with Gasteiger partial charge in [-0.05, 0) is 109 Å². The molecular weight excluding hydrogens is 845 g/mol. The van der Waals surface area contributed by atoms with E-state index < -0.39 is 12.5 Å². The number of phenolic OH excluding ortho intramolecular Hbond substituents is 1. The molecule has 3 aliphatic rings. The van der Waals surface area contributed by atoms with Crippen molar-refractivity contribution in [3.05, 3.63) is 148 Å². The molecule has 15 heteroatoms. The summed E-state index contributed by atoms with van der Waals surface area (Å²) < 4.78 is 41.2. The van der Waals surface area contributed by atoms with Crippen molar-refractivity contribution in [2.45, 2.75) is 58.8 Å². The summed E-state index contributed by atoms with van der Waals surface area (Å²) in [5.74, 6) is 0.0387. The standard InChI is InChI=1S/C51H53F2N7O6/c1-33-24-36-6-4-5-7-38(36)31-58(33)49(63)46-27-39-30-57(48(62)25-35-8-14-43(15-9-35)66-23-20-56-18-21-65-22-19-56)17-16-37(39)26-45(46)47-28-44(34(2)55(47)3)50(64)60(40-10-12-42(61)13-11-40)41-29-54-59(32-41)51(52)53/h4-15,26-29,32-33,51,61H,16-25,30-31H2,1-3H3/t33-/m1/s1. The molecule has 0 unspecified atom stereocenters. The molecule has 0 spiro atoms. The fraction of sp³-hybridized carbons (Fsp3) is 0.333. The molecule has 0 saturated carbocycles. The number of alkyl halides is 2. The van der Waals surface area contributed by atoms with Crippen molar-refractivity contribution in [1.29, 1.82) is 0 Å². The van der Waals surface area contributed by atoms with E-state index in [1.54, 1.807) is 13.0 Å². The van der Waals surface area contributed by atoms with Gasteiger partial charge in [-0.15, -0.1) is 0 Å². The van der Waals surface area contributed by atoms with Gasteiger partial charge in [-0.3, -0.25) is 24.2 Å². The molecule has 66 heavy (non-hydrogen) atoms. The fourth-order valence-corrected chi connectivity index (χ4v) is 9.25. The van der Waals surface area contributed by atoms with Crippen LogP contribution in [0.3, 0.4) is 0 Å². The van der Waals surface area contributed by atoms with Gasteiger partial charge in [0.05, 0.1) is 43.3 Å². The minimum Gasteiger partial charge on any atom is -0.508 e. The van der Waals surface area contributed by atoms with E-state index in [-0.39, 0.29) is 41.3 Å². The number of anilines is 2. The first-order valence-corrected chi connectivity index (χ1v) is 22.4. The molecule has 0 aliphatic carbocycles. The normalized spacial score (nSPS) is 16.2. The monoisotopic (exact) mass is 897 g/mol. The van der Waals surface area contributed by atoms with Gasteiger partial charge in [0.15, 0.2) is 0 Å². The smallest absolute Gasteiger partial charge is 0.333 e. The molecule has 1 atom stereocenters. The molecule has 3 amide bonds. The van der Waals surface area contributed by atoms with Gasteiger partial charge < -0.3 is 28.9 Å². The van der Waals surface area contributed by atoms with Crippen LogP contribution in [0.2, 0.25) is 0 Å². The third-order valence-electron chi connectivity index (χ3n) is 13.2. The fourth-order valence-electron chi connectivity index (χ4n) is 9.25. The lowest BCUT2D eigenvalue weighted by atomic mass is 9.89. The molecule has 3 aliphatic heterocycles. The molecule has 4 aromatic carbocycles. The second kappa shape index (κ2) is 18.9. The summed E-state index contributed by atoms with van der Waals surface area (Å²) in [7, 11) is 1.83. The average Bonchev–Trinajstić information content (AvgIpc) is 3.93. The first-order chi connectivity index (χ1) is 31.9. The number of amides is 3. The highest BCUT2D eigenvalue weighted by atomic mass is 19.3. The third kappa shape index (κ3) is 9.18.